The Bertz CT molecular complexity index is 725. The van der Waals surface area contributed by atoms with E-state index in [1.807, 2.05) is 13.2 Å². The highest BCUT2D eigenvalue weighted by molar-refractivity contribution is 6.07. The maximum absolute atomic E-state index is 12.0. The first-order valence-corrected chi connectivity index (χ1v) is 8.40. The van der Waals surface area contributed by atoms with Crippen molar-refractivity contribution in [3.63, 3.8) is 0 Å². The molecule has 3 rings (SSSR count). The van der Waals surface area contributed by atoms with Gasteiger partial charge in [0.05, 0.1) is 18.7 Å². The topological polar surface area (TPSA) is 34.5 Å². The summed E-state index contributed by atoms with van der Waals surface area (Å²) >= 11 is 0. The number of aryl methyl sites for hydroxylation is 1. The Kier molecular flexibility index (Phi) is 4.55. The van der Waals surface area contributed by atoms with Crippen molar-refractivity contribution in [2.75, 3.05) is 26.3 Å². The number of benzene rings is 1. The highest BCUT2D eigenvalue weighted by Crippen LogP contribution is 2.31. The number of hydrogen-bond acceptors (Lipinski definition) is 3. The summed E-state index contributed by atoms with van der Waals surface area (Å²) in [6.07, 6.45) is 1.97. The second-order valence-electron chi connectivity index (χ2n) is 6.83. The maximum Gasteiger partial charge on any atom is 0.161 e. The van der Waals surface area contributed by atoms with E-state index in [4.69, 9.17) is 4.74 Å². The average Bonchev–Trinajstić information content (AvgIpc) is 2.85. The predicted octanol–water partition coefficient (Wildman–Crippen LogP) is 3.34. The molecule has 1 aromatic carbocycles. The van der Waals surface area contributed by atoms with Crippen LogP contribution in [-0.2, 0) is 18.3 Å². The number of ether oxygens (including phenoxy) is 1. The Balaban J connectivity index is 2.08. The Morgan fingerprint density at radius 1 is 1.26 bits per heavy atom. The van der Waals surface area contributed by atoms with Crippen LogP contribution in [-0.4, -0.2) is 41.6 Å². The summed E-state index contributed by atoms with van der Waals surface area (Å²) in [5, 5.41) is 1.09. The molecule has 0 aliphatic carbocycles. The minimum atomic E-state index is 0.133. The van der Waals surface area contributed by atoms with Gasteiger partial charge in [0.2, 0.25) is 0 Å². The Morgan fingerprint density at radius 2 is 1.96 bits per heavy atom. The zero-order chi connectivity index (χ0) is 16.6. The molecular weight excluding hydrogens is 288 g/mol. The van der Waals surface area contributed by atoms with E-state index >= 15 is 0 Å². The molecule has 4 heteroatoms. The van der Waals surface area contributed by atoms with Crippen LogP contribution in [0.15, 0.2) is 18.3 Å². The third-order valence-corrected chi connectivity index (χ3v) is 4.68. The lowest BCUT2D eigenvalue weighted by atomic mass is 9.95. The average molecular weight is 314 g/mol. The van der Waals surface area contributed by atoms with Crippen molar-refractivity contribution in [1.82, 2.24) is 9.47 Å². The largest absolute Gasteiger partial charge is 0.379 e. The van der Waals surface area contributed by atoms with Crippen LogP contribution in [0.25, 0.3) is 10.9 Å². The van der Waals surface area contributed by atoms with Crippen molar-refractivity contribution in [3.8, 4) is 0 Å². The normalized spacial score (nSPS) is 16.4. The summed E-state index contributed by atoms with van der Waals surface area (Å²) in [6.45, 7) is 10.6. The molecule has 1 saturated heterocycles. The minimum Gasteiger partial charge on any atom is -0.379 e. The molecular formula is C19H26N2O2. The number of morpholine rings is 1. The number of ketones is 1. The number of aromatic nitrogens is 1. The molecule has 0 atom stereocenters. The van der Waals surface area contributed by atoms with Crippen LogP contribution < -0.4 is 0 Å². The van der Waals surface area contributed by atoms with Gasteiger partial charge < -0.3 is 9.30 Å². The predicted molar refractivity (Wildman–Crippen MR) is 93.1 cm³/mol. The summed E-state index contributed by atoms with van der Waals surface area (Å²) < 4.78 is 7.53. The van der Waals surface area contributed by atoms with E-state index in [-0.39, 0.29) is 5.78 Å². The summed E-state index contributed by atoms with van der Waals surface area (Å²) in [5.74, 6) is 0.560. The zero-order valence-corrected chi connectivity index (χ0v) is 14.6. The first kappa shape index (κ1) is 16.2. The molecule has 1 aliphatic heterocycles. The summed E-state index contributed by atoms with van der Waals surface area (Å²) in [4.78, 5) is 14.4. The fraction of sp³-hybridized carbons (Fsp3) is 0.526. The third-order valence-electron chi connectivity index (χ3n) is 4.68. The summed E-state index contributed by atoms with van der Waals surface area (Å²) in [7, 11) is 2.03. The molecule has 1 fully saturated rings. The smallest absolute Gasteiger partial charge is 0.161 e. The standard InChI is InChI=1S/C19H26N2O2/c1-13(2)16-9-15(11-21-5-7-23-8-6-21)10-17-18(14(3)22)12-20(4)19(16)17/h9-10,12-13H,5-8,11H2,1-4H3. The maximum atomic E-state index is 12.0. The van der Waals surface area contributed by atoms with Crippen molar-refractivity contribution >= 4 is 16.7 Å². The zero-order valence-electron chi connectivity index (χ0n) is 14.6. The van der Waals surface area contributed by atoms with E-state index in [1.54, 1.807) is 6.92 Å². The van der Waals surface area contributed by atoms with Crippen LogP contribution in [0.1, 0.15) is 48.2 Å². The van der Waals surface area contributed by atoms with Crippen LogP contribution in [0.5, 0.6) is 0 Å². The first-order valence-electron chi connectivity index (χ1n) is 8.40. The second kappa shape index (κ2) is 6.46. The van der Waals surface area contributed by atoms with E-state index in [2.05, 4.69) is 35.4 Å². The summed E-state index contributed by atoms with van der Waals surface area (Å²) in [6, 6.07) is 4.51. The molecule has 0 bridgehead atoms. The van der Waals surface area contributed by atoms with Gasteiger partial charge in [-0.1, -0.05) is 19.9 Å². The fourth-order valence-corrected chi connectivity index (χ4v) is 3.48. The van der Waals surface area contributed by atoms with Crippen LogP contribution in [0.3, 0.4) is 0 Å². The van der Waals surface area contributed by atoms with Gasteiger partial charge in [-0.3, -0.25) is 9.69 Å². The quantitative estimate of drug-likeness (QED) is 0.812. The van der Waals surface area contributed by atoms with Crippen molar-refractivity contribution in [2.24, 2.45) is 7.05 Å². The van der Waals surface area contributed by atoms with Gasteiger partial charge in [-0.2, -0.15) is 0 Å². The highest BCUT2D eigenvalue weighted by atomic mass is 16.5. The number of Topliss-reactive ketones (excluding diaryl/α,β-unsaturated/α-hetero) is 1. The van der Waals surface area contributed by atoms with Gasteiger partial charge >= 0.3 is 0 Å². The van der Waals surface area contributed by atoms with Gasteiger partial charge in [0.1, 0.15) is 0 Å². The Labute approximate surface area is 138 Å². The molecule has 0 radical (unpaired) electrons. The Morgan fingerprint density at radius 3 is 2.57 bits per heavy atom. The van der Waals surface area contributed by atoms with Crippen LogP contribution >= 0.6 is 0 Å². The second-order valence-corrected chi connectivity index (χ2v) is 6.83. The van der Waals surface area contributed by atoms with Gasteiger partial charge in [0.25, 0.3) is 0 Å². The van der Waals surface area contributed by atoms with Crippen molar-refractivity contribution in [3.05, 3.63) is 35.0 Å². The molecule has 0 N–H and O–H groups in total. The third kappa shape index (κ3) is 3.19. The van der Waals surface area contributed by atoms with Gasteiger partial charge in [-0.15, -0.1) is 0 Å². The first-order chi connectivity index (χ1) is 11.0. The molecule has 4 nitrogen and oxygen atoms in total. The molecule has 1 aliphatic rings. The lowest BCUT2D eigenvalue weighted by Gasteiger charge is -2.27. The molecule has 2 heterocycles. The van der Waals surface area contributed by atoms with E-state index in [0.717, 1.165) is 43.8 Å². The SMILES string of the molecule is CC(=O)c1cn(C)c2c(C(C)C)cc(CN3CCOCC3)cc12. The number of hydrogen-bond donors (Lipinski definition) is 0. The van der Waals surface area contributed by atoms with Crippen LogP contribution in [0.4, 0.5) is 0 Å². The van der Waals surface area contributed by atoms with Crippen molar-refractivity contribution in [2.45, 2.75) is 33.2 Å². The molecule has 2 aromatic rings. The van der Waals surface area contributed by atoms with Crippen molar-refractivity contribution in [1.29, 1.82) is 0 Å². The number of nitrogens with zero attached hydrogens (tertiary/aromatic N) is 2. The fourth-order valence-electron chi connectivity index (χ4n) is 3.48. The number of rotatable bonds is 4. The van der Waals surface area contributed by atoms with Gasteiger partial charge in [0.15, 0.2) is 5.78 Å². The van der Waals surface area contributed by atoms with E-state index in [0.29, 0.717) is 5.92 Å². The van der Waals surface area contributed by atoms with Gasteiger partial charge in [-0.25, -0.2) is 0 Å². The van der Waals surface area contributed by atoms with Gasteiger partial charge in [0, 0.05) is 43.8 Å². The van der Waals surface area contributed by atoms with Gasteiger partial charge in [-0.05, 0) is 30.0 Å². The Hall–Kier alpha value is -1.65. The van der Waals surface area contributed by atoms with Crippen molar-refractivity contribution < 1.29 is 9.53 Å². The van der Waals surface area contributed by atoms with Crippen LogP contribution in [0.2, 0.25) is 0 Å². The van der Waals surface area contributed by atoms with E-state index < -0.39 is 0 Å². The van der Waals surface area contributed by atoms with Crippen LogP contribution in [0, 0.1) is 0 Å². The lowest BCUT2D eigenvalue weighted by molar-refractivity contribution is 0.0342. The number of carbonyl (C=O) groups is 1. The molecule has 0 unspecified atom stereocenters. The minimum absolute atomic E-state index is 0.133. The van der Waals surface area contributed by atoms with E-state index in [1.165, 1.54) is 16.6 Å². The summed E-state index contributed by atoms with van der Waals surface area (Å²) in [5.41, 5.74) is 4.63. The highest BCUT2D eigenvalue weighted by Gasteiger charge is 2.18. The molecule has 0 spiro atoms. The number of fused-ring (bicyclic) bond motifs is 1. The lowest BCUT2D eigenvalue weighted by Crippen LogP contribution is -2.35. The molecule has 0 saturated carbocycles. The number of carbonyl (C=O) groups excluding carboxylic acids is 1. The molecule has 1 aromatic heterocycles. The monoisotopic (exact) mass is 314 g/mol. The molecule has 23 heavy (non-hydrogen) atoms. The molecule has 124 valence electrons. The molecule has 0 amide bonds. The van der Waals surface area contributed by atoms with E-state index in [9.17, 15) is 4.79 Å².